The van der Waals surface area contributed by atoms with Crippen LogP contribution < -0.4 is 10.6 Å². The van der Waals surface area contributed by atoms with Crippen LogP contribution in [0.1, 0.15) is 33.6 Å². The van der Waals surface area contributed by atoms with Gasteiger partial charge < -0.3 is 15.4 Å². The molecule has 0 aliphatic carbocycles. The van der Waals surface area contributed by atoms with Crippen LogP contribution in [0, 0.1) is 0 Å². The summed E-state index contributed by atoms with van der Waals surface area (Å²) in [6.45, 7) is 8.34. The summed E-state index contributed by atoms with van der Waals surface area (Å²) in [5, 5.41) is 5.98. The van der Waals surface area contributed by atoms with Crippen molar-refractivity contribution in [1.29, 1.82) is 0 Å². The topological polar surface area (TPSA) is 50.4 Å². The van der Waals surface area contributed by atoms with E-state index in [1.165, 1.54) is 0 Å². The van der Waals surface area contributed by atoms with Crippen LogP contribution in [0.3, 0.4) is 0 Å². The second-order valence-corrected chi connectivity index (χ2v) is 4.17. The van der Waals surface area contributed by atoms with Gasteiger partial charge in [-0.15, -0.1) is 0 Å². The summed E-state index contributed by atoms with van der Waals surface area (Å²) in [5.41, 5.74) is -0.0846. The van der Waals surface area contributed by atoms with E-state index < -0.39 is 0 Å². The zero-order chi connectivity index (χ0) is 11.7. The highest BCUT2D eigenvalue weighted by atomic mass is 16.5. The van der Waals surface area contributed by atoms with Crippen LogP contribution in [0.15, 0.2) is 0 Å². The molecule has 0 saturated heterocycles. The van der Waals surface area contributed by atoms with Crippen LogP contribution in [-0.4, -0.2) is 38.3 Å². The van der Waals surface area contributed by atoms with E-state index in [1.807, 2.05) is 6.92 Å². The minimum atomic E-state index is -0.0846. The predicted octanol–water partition coefficient (Wildman–Crippen LogP) is 0.917. The molecule has 0 bridgehead atoms. The number of methoxy groups -OCH3 is 1. The highest BCUT2D eigenvalue weighted by Gasteiger charge is 2.14. The highest BCUT2D eigenvalue weighted by molar-refractivity contribution is 5.75. The maximum atomic E-state index is 11.1. The van der Waals surface area contributed by atoms with E-state index in [2.05, 4.69) is 24.5 Å². The third-order valence-electron chi connectivity index (χ3n) is 2.36. The Labute approximate surface area is 92.8 Å². The Hall–Kier alpha value is -0.610. The molecule has 15 heavy (non-hydrogen) atoms. The van der Waals surface area contributed by atoms with Gasteiger partial charge in [0, 0.05) is 26.6 Å². The van der Waals surface area contributed by atoms with E-state index in [-0.39, 0.29) is 11.5 Å². The Balaban J connectivity index is 3.36. The fourth-order valence-corrected chi connectivity index (χ4v) is 1.10. The van der Waals surface area contributed by atoms with E-state index in [9.17, 15) is 4.79 Å². The van der Waals surface area contributed by atoms with Gasteiger partial charge in [-0.1, -0.05) is 0 Å². The van der Waals surface area contributed by atoms with Gasteiger partial charge in [-0.25, -0.2) is 0 Å². The average Bonchev–Trinajstić information content (AvgIpc) is 2.17. The van der Waals surface area contributed by atoms with E-state index >= 15 is 0 Å². The second kappa shape index (κ2) is 7.65. The molecule has 0 radical (unpaired) electrons. The molecule has 0 aromatic rings. The van der Waals surface area contributed by atoms with Crippen molar-refractivity contribution in [2.45, 2.75) is 39.2 Å². The quantitative estimate of drug-likeness (QED) is 0.593. The van der Waals surface area contributed by atoms with Gasteiger partial charge >= 0.3 is 0 Å². The molecule has 4 nitrogen and oxygen atoms in total. The molecule has 0 rings (SSSR count). The van der Waals surface area contributed by atoms with Crippen LogP contribution in [0.25, 0.3) is 0 Å². The number of hydrogen-bond donors (Lipinski definition) is 2. The van der Waals surface area contributed by atoms with Crippen LogP contribution in [0.4, 0.5) is 0 Å². The molecule has 4 heteroatoms. The number of nitrogens with one attached hydrogen (secondary N) is 2. The van der Waals surface area contributed by atoms with Gasteiger partial charge in [0.15, 0.2) is 0 Å². The zero-order valence-electron chi connectivity index (χ0n) is 10.4. The molecule has 0 saturated carbocycles. The molecule has 0 aliphatic rings. The van der Waals surface area contributed by atoms with E-state index in [0.717, 1.165) is 19.5 Å². The zero-order valence-corrected chi connectivity index (χ0v) is 10.4. The normalized spacial score (nSPS) is 11.5. The fourth-order valence-electron chi connectivity index (χ4n) is 1.10. The molecule has 2 N–H and O–H groups in total. The van der Waals surface area contributed by atoms with Gasteiger partial charge in [0.2, 0.25) is 5.91 Å². The van der Waals surface area contributed by atoms with Crippen molar-refractivity contribution in [2.75, 3.05) is 26.7 Å². The Kier molecular flexibility index (Phi) is 7.34. The maximum Gasteiger partial charge on any atom is 0.221 e. The lowest BCUT2D eigenvalue weighted by atomic mass is 10.1. The van der Waals surface area contributed by atoms with Crippen LogP contribution in [0.2, 0.25) is 0 Å². The summed E-state index contributed by atoms with van der Waals surface area (Å²) in [7, 11) is 1.72. The van der Waals surface area contributed by atoms with Crippen molar-refractivity contribution >= 4 is 5.91 Å². The number of carbonyl (C=O) groups is 1. The first-order valence-electron chi connectivity index (χ1n) is 5.54. The van der Waals surface area contributed by atoms with Gasteiger partial charge in [0.05, 0.1) is 5.60 Å². The average molecular weight is 216 g/mol. The molecule has 0 spiro atoms. The summed E-state index contributed by atoms with van der Waals surface area (Å²) in [6, 6.07) is 0. The smallest absolute Gasteiger partial charge is 0.221 e. The van der Waals surface area contributed by atoms with Crippen molar-refractivity contribution < 1.29 is 9.53 Å². The number of ether oxygens (including phenoxy) is 1. The standard InChI is InChI=1S/C11H24N2O2/c1-5-13-10(14)6-8-12-9-7-11(2,3)15-4/h12H,5-9H2,1-4H3,(H,13,14). The van der Waals surface area contributed by atoms with Gasteiger partial charge in [-0.05, 0) is 33.7 Å². The molecule has 0 fully saturated rings. The minimum absolute atomic E-state index is 0.0846. The van der Waals surface area contributed by atoms with E-state index in [0.29, 0.717) is 13.0 Å². The van der Waals surface area contributed by atoms with E-state index in [1.54, 1.807) is 7.11 Å². The lowest BCUT2D eigenvalue weighted by Crippen LogP contribution is -2.31. The first-order valence-corrected chi connectivity index (χ1v) is 5.54. The fraction of sp³-hybridized carbons (Fsp3) is 0.909. The molecule has 0 heterocycles. The van der Waals surface area contributed by atoms with Crippen molar-refractivity contribution in [3.8, 4) is 0 Å². The number of carbonyl (C=O) groups excluding carboxylic acids is 1. The monoisotopic (exact) mass is 216 g/mol. The molecule has 1 amide bonds. The largest absolute Gasteiger partial charge is 0.379 e. The van der Waals surface area contributed by atoms with Crippen molar-refractivity contribution in [1.82, 2.24) is 10.6 Å². The summed E-state index contributed by atoms with van der Waals surface area (Å²) >= 11 is 0. The van der Waals surface area contributed by atoms with Crippen molar-refractivity contribution in [3.05, 3.63) is 0 Å². The molecule has 0 atom stereocenters. The van der Waals surface area contributed by atoms with Gasteiger partial charge in [-0.3, -0.25) is 4.79 Å². The molecule has 0 aliphatic heterocycles. The van der Waals surface area contributed by atoms with Crippen LogP contribution in [0.5, 0.6) is 0 Å². The summed E-state index contributed by atoms with van der Waals surface area (Å²) in [5.74, 6) is 0.107. The Morgan fingerprint density at radius 2 is 2.00 bits per heavy atom. The van der Waals surface area contributed by atoms with Gasteiger partial charge in [-0.2, -0.15) is 0 Å². The first kappa shape index (κ1) is 14.4. The Morgan fingerprint density at radius 1 is 1.33 bits per heavy atom. The van der Waals surface area contributed by atoms with Crippen LogP contribution in [-0.2, 0) is 9.53 Å². The van der Waals surface area contributed by atoms with Gasteiger partial charge in [0.1, 0.15) is 0 Å². The molecular weight excluding hydrogens is 192 g/mol. The molecule has 0 aromatic heterocycles. The van der Waals surface area contributed by atoms with E-state index in [4.69, 9.17) is 4.74 Å². The Morgan fingerprint density at radius 3 is 2.53 bits per heavy atom. The SMILES string of the molecule is CCNC(=O)CCNCCC(C)(C)OC. The lowest BCUT2D eigenvalue weighted by Gasteiger charge is -2.22. The Bertz CT molecular complexity index is 181. The van der Waals surface area contributed by atoms with Crippen molar-refractivity contribution in [3.63, 3.8) is 0 Å². The molecule has 90 valence electrons. The number of hydrogen-bond acceptors (Lipinski definition) is 3. The maximum absolute atomic E-state index is 11.1. The molecular formula is C11H24N2O2. The molecule has 0 aromatic carbocycles. The molecule has 0 unspecified atom stereocenters. The summed E-state index contributed by atoms with van der Waals surface area (Å²) in [4.78, 5) is 11.1. The second-order valence-electron chi connectivity index (χ2n) is 4.17. The third kappa shape index (κ3) is 8.39. The highest BCUT2D eigenvalue weighted by Crippen LogP contribution is 2.10. The number of rotatable bonds is 8. The number of amides is 1. The van der Waals surface area contributed by atoms with Crippen LogP contribution >= 0.6 is 0 Å². The summed E-state index contributed by atoms with van der Waals surface area (Å²) < 4.78 is 5.28. The summed E-state index contributed by atoms with van der Waals surface area (Å²) in [6.07, 6.45) is 1.49. The van der Waals surface area contributed by atoms with Crippen molar-refractivity contribution in [2.24, 2.45) is 0 Å². The minimum Gasteiger partial charge on any atom is -0.379 e. The predicted molar refractivity (Wildman–Crippen MR) is 61.9 cm³/mol. The first-order chi connectivity index (χ1) is 7.02. The lowest BCUT2D eigenvalue weighted by molar-refractivity contribution is -0.120. The third-order valence-corrected chi connectivity index (χ3v) is 2.36. The van der Waals surface area contributed by atoms with Gasteiger partial charge in [0.25, 0.3) is 0 Å².